The minimum absolute atomic E-state index is 0.155. The van der Waals surface area contributed by atoms with Crippen molar-refractivity contribution in [3.05, 3.63) is 0 Å². The van der Waals surface area contributed by atoms with Gasteiger partial charge in [0.15, 0.2) is 0 Å². The first-order chi connectivity index (χ1) is 10.8. The van der Waals surface area contributed by atoms with Crippen LogP contribution in [0.3, 0.4) is 0 Å². The van der Waals surface area contributed by atoms with Crippen LogP contribution in [0.25, 0.3) is 0 Å². The Kier molecular flexibility index (Phi) is 6.35. The lowest BCUT2D eigenvalue weighted by molar-refractivity contribution is 0.0255. The Morgan fingerprint density at radius 3 is 2.26 bits per heavy atom. The fraction of sp³-hybridized carbons (Fsp3) is 0.947. The Morgan fingerprint density at radius 2 is 1.65 bits per heavy atom. The Morgan fingerprint density at radius 1 is 1.00 bits per heavy atom. The first kappa shape index (κ1) is 18.6. The molecule has 134 valence electrons. The summed E-state index contributed by atoms with van der Waals surface area (Å²) in [5, 5.41) is 3.93. The fourth-order valence-electron chi connectivity index (χ4n) is 4.05. The molecule has 1 saturated carbocycles. The number of carbonyl (C=O) groups excluding carboxylic acids is 1. The van der Waals surface area contributed by atoms with Crippen molar-refractivity contribution >= 4 is 6.09 Å². The maximum atomic E-state index is 12.3. The zero-order chi connectivity index (χ0) is 17.0. The van der Waals surface area contributed by atoms with Crippen molar-refractivity contribution in [3.63, 3.8) is 0 Å². The van der Waals surface area contributed by atoms with E-state index < -0.39 is 5.60 Å². The van der Waals surface area contributed by atoms with Gasteiger partial charge in [0.1, 0.15) is 5.60 Å². The molecule has 1 heterocycles. The predicted molar refractivity (Wildman–Crippen MR) is 94.5 cm³/mol. The molecule has 1 aliphatic heterocycles. The molecular weight excluding hydrogens is 288 g/mol. The molecule has 0 aromatic heterocycles. The van der Waals surface area contributed by atoms with Crippen LogP contribution in [-0.2, 0) is 4.74 Å². The number of nitrogens with zero attached hydrogens (tertiary/aromatic N) is 1. The molecule has 1 N–H and O–H groups in total. The maximum Gasteiger partial charge on any atom is 0.410 e. The summed E-state index contributed by atoms with van der Waals surface area (Å²) in [5.41, 5.74) is -0.409. The van der Waals surface area contributed by atoms with Crippen molar-refractivity contribution in [3.8, 4) is 0 Å². The van der Waals surface area contributed by atoms with Gasteiger partial charge >= 0.3 is 6.09 Å². The second kappa shape index (κ2) is 7.87. The molecular formula is C19H36N2O2. The molecule has 2 rings (SSSR count). The summed E-state index contributed by atoms with van der Waals surface area (Å²) in [4.78, 5) is 14.1. The summed E-state index contributed by atoms with van der Waals surface area (Å²) in [7, 11) is 0. The van der Waals surface area contributed by atoms with Crippen molar-refractivity contribution in [1.82, 2.24) is 10.2 Å². The van der Waals surface area contributed by atoms with E-state index in [1.807, 2.05) is 25.7 Å². The lowest BCUT2D eigenvalue weighted by Gasteiger charge is -2.38. The molecule has 2 aliphatic rings. The van der Waals surface area contributed by atoms with Gasteiger partial charge in [-0.15, -0.1) is 0 Å². The van der Waals surface area contributed by atoms with E-state index in [1.54, 1.807) is 0 Å². The van der Waals surface area contributed by atoms with Crippen LogP contribution in [0.15, 0.2) is 0 Å². The molecule has 1 aliphatic carbocycles. The van der Waals surface area contributed by atoms with Crippen LogP contribution in [0.2, 0.25) is 0 Å². The van der Waals surface area contributed by atoms with Crippen molar-refractivity contribution in [2.45, 2.75) is 90.8 Å². The average Bonchev–Trinajstić information content (AvgIpc) is 2.67. The lowest BCUT2D eigenvalue weighted by atomic mass is 9.78. The first-order valence-corrected chi connectivity index (χ1v) is 9.50. The van der Waals surface area contributed by atoms with Gasteiger partial charge in [-0.25, -0.2) is 4.79 Å². The van der Waals surface area contributed by atoms with E-state index in [9.17, 15) is 4.79 Å². The standard InChI is InChI=1S/C19H36N2O2/c1-14-8-6-9-15(2)17(14)20-16-10-7-12-21(13-11-16)18(22)23-19(3,4)5/h14-17,20H,6-13H2,1-5H3. The topological polar surface area (TPSA) is 41.6 Å². The fourth-order valence-corrected chi connectivity index (χ4v) is 4.05. The van der Waals surface area contributed by atoms with Crippen LogP contribution in [0.5, 0.6) is 0 Å². The molecule has 0 aromatic rings. The number of hydrogen-bond acceptors (Lipinski definition) is 3. The van der Waals surface area contributed by atoms with Crippen LogP contribution in [0.1, 0.15) is 73.1 Å². The minimum atomic E-state index is -0.409. The van der Waals surface area contributed by atoms with E-state index in [1.165, 1.54) is 19.3 Å². The van der Waals surface area contributed by atoms with E-state index in [-0.39, 0.29) is 6.09 Å². The number of likely N-dealkylation sites (tertiary alicyclic amines) is 1. The zero-order valence-electron chi connectivity index (χ0n) is 15.7. The third-order valence-electron chi connectivity index (χ3n) is 5.35. The summed E-state index contributed by atoms with van der Waals surface area (Å²) < 4.78 is 5.52. The van der Waals surface area contributed by atoms with Crippen LogP contribution >= 0.6 is 0 Å². The summed E-state index contributed by atoms with van der Waals surface area (Å²) in [6, 6.07) is 1.18. The van der Waals surface area contributed by atoms with Gasteiger partial charge in [0, 0.05) is 25.2 Å². The van der Waals surface area contributed by atoms with Gasteiger partial charge in [0.2, 0.25) is 0 Å². The summed E-state index contributed by atoms with van der Waals surface area (Å²) in [5.74, 6) is 1.54. The van der Waals surface area contributed by atoms with E-state index in [2.05, 4.69) is 19.2 Å². The second-order valence-electron chi connectivity index (χ2n) is 8.67. The molecule has 0 radical (unpaired) electrons. The highest BCUT2D eigenvalue weighted by atomic mass is 16.6. The van der Waals surface area contributed by atoms with Gasteiger partial charge in [-0.2, -0.15) is 0 Å². The molecule has 3 atom stereocenters. The van der Waals surface area contributed by atoms with Crippen LogP contribution in [0, 0.1) is 11.8 Å². The molecule has 1 amide bonds. The van der Waals surface area contributed by atoms with Gasteiger partial charge in [-0.3, -0.25) is 0 Å². The van der Waals surface area contributed by atoms with Crippen molar-refractivity contribution in [2.75, 3.05) is 13.1 Å². The molecule has 23 heavy (non-hydrogen) atoms. The SMILES string of the molecule is CC1CCCC(C)C1NC1CCCN(C(=O)OC(C)(C)C)CC1. The van der Waals surface area contributed by atoms with E-state index in [0.29, 0.717) is 12.1 Å². The van der Waals surface area contributed by atoms with E-state index >= 15 is 0 Å². The first-order valence-electron chi connectivity index (χ1n) is 9.50. The van der Waals surface area contributed by atoms with Gasteiger partial charge in [0.25, 0.3) is 0 Å². The quantitative estimate of drug-likeness (QED) is 0.828. The number of nitrogens with one attached hydrogen (secondary N) is 1. The second-order valence-corrected chi connectivity index (χ2v) is 8.67. The third kappa shape index (κ3) is 5.66. The summed E-state index contributed by atoms with van der Waals surface area (Å²) in [6.07, 6.45) is 7.17. The molecule has 2 fully saturated rings. The normalized spacial score (nSPS) is 33.2. The van der Waals surface area contributed by atoms with E-state index in [4.69, 9.17) is 4.74 Å². The average molecular weight is 325 g/mol. The van der Waals surface area contributed by atoms with Crippen molar-refractivity contribution < 1.29 is 9.53 Å². The zero-order valence-corrected chi connectivity index (χ0v) is 15.7. The summed E-state index contributed by atoms with van der Waals surface area (Å²) in [6.45, 7) is 12.2. The number of hydrogen-bond donors (Lipinski definition) is 1. The molecule has 4 heteroatoms. The lowest BCUT2D eigenvalue weighted by Crippen LogP contribution is -2.48. The monoisotopic (exact) mass is 324 g/mol. The molecule has 0 aromatic carbocycles. The van der Waals surface area contributed by atoms with Crippen molar-refractivity contribution in [1.29, 1.82) is 0 Å². The number of ether oxygens (including phenoxy) is 1. The van der Waals surface area contributed by atoms with Crippen LogP contribution < -0.4 is 5.32 Å². The Labute approximate surface area is 142 Å². The number of amides is 1. The molecule has 3 unspecified atom stereocenters. The number of rotatable bonds is 2. The van der Waals surface area contributed by atoms with Gasteiger partial charge in [0.05, 0.1) is 0 Å². The highest BCUT2D eigenvalue weighted by Crippen LogP contribution is 2.30. The van der Waals surface area contributed by atoms with Gasteiger partial charge in [-0.05, 0) is 64.7 Å². The Bertz CT molecular complexity index is 381. The molecule has 0 bridgehead atoms. The maximum absolute atomic E-state index is 12.3. The molecule has 0 spiro atoms. The summed E-state index contributed by atoms with van der Waals surface area (Å²) >= 11 is 0. The minimum Gasteiger partial charge on any atom is -0.444 e. The van der Waals surface area contributed by atoms with Crippen LogP contribution in [-0.4, -0.2) is 41.8 Å². The van der Waals surface area contributed by atoms with E-state index in [0.717, 1.165) is 44.2 Å². The third-order valence-corrected chi connectivity index (χ3v) is 5.35. The Hall–Kier alpha value is -0.770. The molecule has 1 saturated heterocycles. The predicted octanol–water partition coefficient (Wildman–Crippen LogP) is 4.19. The highest BCUT2D eigenvalue weighted by molar-refractivity contribution is 5.68. The smallest absolute Gasteiger partial charge is 0.410 e. The highest BCUT2D eigenvalue weighted by Gasteiger charge is 2.31. The Balaban J connectivity index is 1.85. The largest absolute Gasteiger partial charge is 0.444 e. The van der Waals surface area contributed by atoms with Gasteiger partial charge < -0.3 is 15.0 Å². The van der Waals surface area contributed by atoms with Crippen molar-refractivity contribution in [2.24, 2.45) is 11.8 Å². The number of carbonyl (C=O) groups is 1. The molecule has 4 nitrogen and oxygen atoms in total. The van der Waals surface area contributed by atoms with Crippen LogP contribution in [0.4, 0.5) is 4.79 Å². The van der Waals surface area contributed by atoms with Gasteiger partial charge in [-0.1, -0.05) is 20.3 Å².